The predicted molar refractivity (Wildman–Crippen MR) is 149 cm³/mol. The Hall–Kier alpha value is -2.62. The summed E-state index contributed by atoms with van der Waals surface area (Å²) in [6, 6.07) is 2.72. The lowest BCUT2D eigenvalue weighted by Gasteiger charge is -2.61. The van der Waals surface area contributed by atoms with Gasteiger partial charge in [-0.2, -0.15) is 0 Å². The van der Waals surface area contributed by atoms with Crippen molar-refractivity contribution in [1.29, 1.82) is 0 Å². The molecule has 6 rings (SSSR count). The van der Waals surface area contributed by atoms with Crippen LogP contribution in [0, 0.1) is 23.2 Å². The first-order chi connectivity index (χ1) is 19.2. The van der Waals surface area contributed by atoms with Gasteiger partial charge >= 0.3 is 0 Å². The Kier molecular flexibility index (Phi) is 8.19. The molecule has 220 valence electrons. The highest BCUT2D eigenvalue weighted by atomic mass is 16.5. The topological polar surface area (TPSA) is 129 Å². The number of benzene rings is 1. The Morgan fingerprint density at radius 1 is 1.23 bits per heavy atom. The van der Waals surface area contributed by atoms with Crippen molar-refractivity contribution in [3.8, 4) is 11.5 Å². The van der Waals surface area contributed by atoms with E-state index in [0.29, 0.717) is 59.4 Å². The average Bonchev–Trinajstić information content (AvgIpc) is 3.34. The van der Waals surface area contributed by atoms with Gasteiger partial charge in [0.05, 0.1) is 32.3 Å². The van der Waals surface area contributed by atoms with E-state index in [1.54, 1.807) is 23.1 Å². The Balaban J connectivity index is 1.55. The molecule has 1 heterocycles. The molecule has 1 aliphatic heterocycles. The smallest absolute Gasteiger partial charge is 0.247 e. The Bertz CT molecular complexity index is 1160. The number of methoxy groups -OCH3 is 1. The minimum Gasteiger partial charge on any atom is -0.493 e. The molecule has 2 bridgehead atoms. The van der Waals surface area contributed by atoms with Crippen LogP contribution in [0.25, 0.3) is 0 Å². The molecule has 7 atom stereocenters. The fourth-order valence-corrected chi connectivity index (χ4v) is 7.80. The first-order valence-corrected chi connectivity index (χ1v) is 14.7. The third-order valence-corrected chi connectivity index (χ3v) is 10.1. The van der Waals surface area contributed by atoms with Crippen LogP contribution < -0.4 is 14.8 Å². The lowest BCUT2D eigenvalue weighted by Crippen LogP contribution is -2.59. The number of rotatable bonds is 10. The molecule has 0 spiro atoms. The van der Waals surface area contributed by atoms with E-state index in [0.717, 1.165) is 18.8 Å². The van der Waals surface area contributed by atoms with E-state index in [1.165, 1.54) is 13.5 Å². The van der Waals surface area contributed by atoms with Crippen molar-refractivity contribution in [1.82, 2.24) is 10.2 Å². The SMILES string of the molecule is CCCC(=O)N(C[C@@H]1CC[C@H]2C[C@@H]1C2(C)C)[C@@H]1C=C(C(=O)NCCO)[C@@H]2c3cc(CO)cc(OC)c3O[C@@H]2[C@H]1O. The van der Waals surface area contributed by atoms with E-state index < -0.39 is 24.2 Å². The van der Waals surface area contributed by atoms with Crippen LogP contribution in [0.5, 0.6) is 11.5 Å². The van der Waals surface area contributed by atoms with Gasteiger partial charge in [-0.3, -0.25) is 9.59 Å². The molecule has 4 aliphatic carbocycles. The second kappa shape index (κ2) is 11.3. The monoisotopic (exact) mass is 556 g/mol. The molecule has 1 aromatic carbocycles. The van der Waals surface area contributed by atoms with Crippen molar-refractivity contribution in [2.45, 2.75) is 83.6 Å². The molecule has 3 saturated carbocycles. The lowest BCUT2D eigenvalue weighted by molar-refractivity contribution is -0.146. The molecule has 2 amide bonds. The van der Waals surface area contributed by atoms with E-state index in [9.17, 15) is 24.9 Å². The molecule has 3 fully saturated rings. The van der Waals surface area contributed by atoms with Gasteiger partial charge < -0.3 is 35.0 Å². The molecule has 0 radical (unpaired) electrons. The Labute approximate surface area is 236 Å². The van der Waals surface area contributed by atoms with Crippen LogP contribution in [-0.2, 0) is 16.2 Å². The van der Waals surface area contributed by atoms with Gasteiger partial charge in [-0.05, 0) is 72.6 Å². The van der Waals surface area contributed by atoms with Crippen LogP contribution in [0.15, 0.2) is 23.8 Å². The number of aliphatic hydroxyl groups excluding tert-OH is 3. The fraction of sp³-hybridized carbons (Fsp3) is 0.677. The minimum atomic E-state index is -1.08. The second-order valence-electron chi connectivity index (χ2n) is 12.5. The van der Waals surface area contributed by atoms with Crippen LogP contribution in [0.1, 0.15) is 69.9 Å². The zero-order valence-electron chi connectivity index (χ0n) is 24.1. The highest BCUT2D eigenvalue weighted by Gasteiger charge is 2.56. The molecular formula is C31H44N2O7. The van der Waals surface area contributed by atoms with Gasteiger partial charge in [0, 0.05) is 30.6 Å². The van der Waals surface area contributed by atoms with Gasteiger partial charge in [0.25, 0.3) is 0 Å². The highest BCUT2D eigenvalue weighted by molar-refractivity contribution is 5.96. The molecule has 5 aliphatic rings. The number of carbonyl (C=O) groups excluding carboxylic acids is 2. The van der Waals surface area contributed by atoms with Gasteiger partial charge in [0.2, 0.25) is 11.8 Å². The maximum Gasteiger partial charge on any atom is 0.247 e. The molecule has 0 aromatic heterocycles. The molecule has 4 N–H and O–H groups in total. The molecular weight excluding hydrogens is 512 g/mol. The fourth-order valence-electron chi connectivity index (χ4n) is 7.80. The predicted octanol–water partition coefficient (Wildman–Crippen LogP) is 2.51. The van der Waals surface area contributed by atoms with Crippen LogP contribution in [0.3, 0.4) is 0 Å². The van der Waals surface area contributed by atoms with E-state index in [1.807, 2.05) is 6.92 Å². The molecule has 40 heavy (non-hydrogen) atoms. The van der Waals surface area contributed by atoms with E-state index in [4.69, 9.17) is 9.47 Å². The van der Waals surface area contributed by atoms with Gasteiger partial charge in [-0.1, -0.05) is 20.8 Å². The van der Waals surface area contributed by atoms with Crippen molar-refractivity contribution >= 4 is 11.8 Å². The summed E-state index contributed by atoms with van der Waals surface area (Å²) in [5.41, 5.74) is 1.88. The van der Waals surface area contributed by atoms with Crippen molar-refractivity contribution in [2.75, 3.05) is 26.8 Å². The summed E-state index contributed by atoms with van der Waals surface area (Å²) < 4.78 is 11.9. The normalized spacial score (nSPS) is 31.2. The summed E-state index contributed by atoms with van der Waals surface area (Å²) in [4.78, 5) is 29.0. The van der Waals surface area contributed by atoms with E-state index in [2.05, 4.69) is 19.2 Å². The summed E-state index contributed by atoms with van der Waals surface area (Å²) in [7, 11) is 1.51. The summed E-state index contributed by atoms with van der Waals surface area (Å²) in [5, 5.41) is 33.8. The summed E-state index contributed by atoms with van der Waals surface area (Å²) in [6.07, 6.45) is 4.26. The molecule has 1 aromatic rings. The van der Waals surface area contributed by atoms with Gasteiger partial charge in [0.1, 0.15) is 12.2 Å². The van der Waals surface area contributed by atoms with Crippen molar-refractivity contribution in [2.24, 2.45) is 23.2 Å². The summed E-state index contributed by atoms with van der Waals surface area (Å²) >= 11 is 0. The third-order valence-electron chi connectivity index (χ3n) is 10.1. The summed E-state index contributed by atoms with van der Waals surface area (Å²) in [5.74, 6) is 1.40. The van der Waals surface area contributed by atoms with Crippen LogP contribution in [0.4, 0.5) is 0 Å². The summed E-state index contributed by atoms with van der Waals surface area (Å²) in [6.45, 7) is 6.80. The van der Waals surface area contributed by atoms with Crippen molar-refractivity contribution in [3.05, 3.63) is 34.9 Å². The number of nitrogens with one attached hydrogen (secondary N) is 1. The van der Waals surface area contributed by atoms with Gasteiger partial charge in [0.15, 0.2) is 11.5 Å². The number of ether oxygens (including phenoxy) is 2. The van der Waals surface area contributed by atoms with Crippen LogP contribution >= 0.6 is 0 Å². The lowest BCUT2D eigenvalue weighted by atomic mass is 9.45. The van der Waals surface area contributed by atoms with Crippen molar-refractivity contribution < 1.29 is 34.4 Å². The Morgan fingerprint density at radius 2 is 2.00 bits per heavy atom. The number of aliphatic hydroxyl groups is 3. The zero-order valence-corrected chi connectivity index (χ0v) is 24.1. The molecule has 9 nitrogen and oxygen atoms in total. The number of amides is 2. The van der Waals surface area contributed by atoms with Gasteiger partial charge in [-0.15, -0.1) is 0 Å². The third kappa shape index (κ3) is 4.80. The number of hydrogen-bond acceptors (Lipinski definition) is 7. The van der Waals surface area contributed by atoms with E-state index >= 15 is 0 Å². The quantitative estimate of drug-likeness (QED) is 0.349. The van der Waals surface area contributed by atoms with Crippen LogP contribution in [-0.4, -0.2) is 77.1 Å². The zero-order chi connectivity index (χ0) is 28.8. The maximum atomic E-state index is 13.6. The molecule has 0 saturated heterocycles. The van der Waals surface area contributed by atoms with Crippen molar-refractivity contribution in [3.63, 3.8) is 0 Å². The second-order valence-corrected chi connectivity index (χ2v) is 12.5. The highest BCUT2D eigenvalue weighted by Crippen LogP contribution is 2.61. The number of carbonyl (C=O) groups is 2. The maximum absolute atomic E-state index is 13.6. The standard InChI is InChI=1S/C31H44N2O7/c1-5-6-25(36)33(15-18-7-8-19-13-22(18)31(19,2)3)23-14-21(30(38)32-9-10-34)26-20-11-17(16-35)12-24(39-4)28(20)40-29(26)27(23)37/h11-12,14,18-19,22-23,26-27,29,34-35,37H,5-10,13,15-16H2,1-4H3,(H,32,38)/t18-,19-,22-,23+,26-,27-,29-/m0/s1. The number of fused-ring (bicyclic) bond motifs is 5. The van der Waals surface area contributed by atoms with E-state index in [-0.39, 0.29) is 37.0 Å². The Morgan fingerprint density at radius 3 is 2.62 bits per heavy atom. The number of nitrogens with zero attached hydrogens (tertiary/aromatic N) is 1. The largest absolute Gasteiger partial charge is 0.493 e. The number of hydrogen-bond donors (Lipinski definition) is 4. The molecule has 0 unspecified atom stereocenters. The van der Waals surface area contributed by atoms with Crippen LogP contribution in [0.2, 0.25) is 0 Å². The minimum absolute atomic E-state index is 0.0359. The van der Waals surface area contributed by atoms with Gasteiger partial charge in [-0.25, -0.2) is 0 Å². The first kappa shape index (κ1) is 28.9. The molecule has 9 heteroatoms. The first-order valence-electron chi connectivity index (χ1n) is 14.7. The average molecular weight is 557 g/mol.